The first-order valence-corrected chi connectivity index (χ1v) is 13.6. The van der Waals surface area contributed by atoms with Crippen molar-refractivity contribution in [3.05, 3.63) is 35.9 Å². The van der Waals surface area contributed by atoms with Gasteiger partial charge in [0.2, 0.25) is 11.6 Å². The van der Waals surface area contributed by atoms with E-state index >= 15 is 0 Å². The number of hydrogen-bond donors (Lipinski definition) is 0. The van der Waals surface area contributed by atoms with E-state index in [0.717, 1.165) is 64.2 Å². The highest BCUT2D eigenvalue weighted by atomic mass is 19.2. The molecule has 0 spiro atoms. The highest BCUT2D eigenvalue weighted by Crippen LogP contribution is 2.32. The molecule has 1 aliphatic rings. The lowest BCUT2D eigenvalue weighted by Gasteiger charge is -2.26. The zero-order valence-electron chi connectivity index (χ0n) is 21.1. The lowest BCUT2D eigenvalue weighted by Crippen LogP contribution is -2.19. The Morgan fingerprint density at radius 2 is 1.41 bits per heavy atom. The zero-order chi connectivity index (χ0) is 24.4. The minimum Gasteiger partial charge on any atom is -0.490 e. The van der Waals surface area contributed by atoms with Crippen molar-refractivity contribution < 1.29 is 22.6 Å². The summed E-state index contributed by atoms with van der Waals surface area (Å²) >= 11 is 0. The Kier molecular flexibility index (Phi) is 14.9. The molecule has 0 aliphatic heterocycles. The predicted octanol–water partition coefficient (Wildman–Crippen LogP) is 9.37. The summed E-state index contributed by atoms with van der Waals surface area (Å²) in [5.74, 6) is -0.988. The Labute approximate surface area is 205 Å². The van der Waals surface area contributed by atoms with Crippen LogP contribution < -0.4 is 9.47 Å². The molecule has 0 unspecified atom stereocenters. The summed E-state index contributed by atoms with van der Waals surface area (Å²) in [6.07, 6.45) is 20.6. The molecule has 0 aromatic heterocycles. The average molecular weight is 483 g/mol. The smallest absolute Gasteiger partial charge is 0.204 e. The normalized spacial score (nSPS) is 18.5. The summed E-state index contributed by atoms with van der Waals surface area (Å²) in [5, 5.41) is 0. The Balaban J connectivity index is 1.63. The van der Waals surface area contributed by atoms with Gasteiger partial charge in [0.15, 0.2) is 11.5 Å². The van der Waals surface area contributed by atoms with E-state index < -0.39 is 11.6 Å². The summed E-state index contributed by atoms with van der Waals surface area (Å²) in [7, 11) is 0. The van der Waals surface area contributed by atoms with Gasteiger partial charge in [-0.3, -0.25) is 4.39 Å². The number of allylic oxidation sites excluding steroid dienone is 2. The summed E-state index contributed by atoms with van der Waals surface area (Å²) in [6.45, 7) is 2.79. The first kappa shape index (κ1) is 28.6. The van der Waals surface area contributed by atoms with Gasteiger partial charge in [-0.2, -0.15) is 8.78 Å². The lowest BCUT2D eigenvalue weighted by molar-refractivity contribution is 0.186. The van der Waals surface area contributed by atoms with Crippen molar-refractivity contribution in [1.82, 2.24) is 0 Å². The number of benzene rings is 1. The van der Waals surface area contributed by atoms with Crippen molar-refractivity contribution >= 4 is 0 Å². The van der Waals surface area contributed by atoms with Crippen LogP contribution in [0.2, 0.25) is 0 Å². The number of alkyl halides is 1. The van der Waals surface area contributed by atoms with Crippen LogP contribution in [0, 0.1) is 23.5 Å². The fraction of sp³-hybridized carbons (Fsp3) is 0.724. The van der Waals surface area contributed by atoms with Gasteiger partial charge in [-0.25, -0.2) is 0 Å². The molecule has 0 radical (unpaired) electrons. The van der Waals surface area contributed by atoms with Gasteiger partial charge in [0, 0.05) is 0 Å². The minimum absolute atomic E-state index is 0.0265. The van der Waals surface area contributed by atoms with E-state index in [4.69, 9.17) is 9.47 Å². The molecular weight excluding hydrogens is 437 g/mol. The van der Waals surface area contributed by atoms with Crippen LogP contribution in [0.1, 0.15) is 103 Å². The van der Waals surface area contributed by atoms with Gasteiger partial charge in [-0.1, -0.05) is 64.0 Å². The molecule has 1 fully saturated rings. The van der Waals surface area contributed by atoms with Crippen LogP contribution in [0.15, 0.2) is 24.3 Å². The maximum atomic E-state index is 14.4. The first-order chi connectivity index (χ1) is 16.7. The van der Waals surface area contributed by atoms with Gasteiger partial charge < -0.3 is 9.47 Å². The molecule has 0 bridgehead atoms. The summed E-state index contributed by atoms with van der Waals surface area (Å²) < 4.78 is 51.9. The topological polar surface area (TPSA) is 18.5 Å². The maximum Gasteiger partial charge on any atom is 0.204 e. The SMILES string of the molecule is CCCCCCCOc1ccc(OCC2CCC(/C=C/CCCCCCCF)CC2)c(F)c1F. The Morgan fingerprint density at radius 1 is 0.794 bits per heavy atom. The van der Waals surface area contributed by atoms with Crippen molar-refractivity contribution in [2.45, 2.75) is 103 Å². The van der Waals surface area contributed by atoms with E-state index in [1.165, 1.54) is 37.8 Å². The highest BCUT2D eigenvalue weighted by molar-refractivity contribution is 5.35. The van der Waals surface area contributed by atoms with E-state index in [1.807, 2.05) is 0 Å². The third-order valence-electron chi connectivity index (χ3n) is 6.80. The summed E-state index contributed by atoms with van der Waals surface area (Å²) in [6, 6.07) is 2.96. The largest absolute Gasteiger partial charge is 0.490 e. The molecule has 34 heavy (non-hydrogen) atoms. The van der Waals surface area contributed by atoms with Gasteiger partial charge in [0.25, 0.3) is 0 Å². The van der Waals surface area contributed by atoms with Crippen LogP contribution in [0.3, 0.4) is 0 Å². The van der Waals surface area contributed by atoms with Crippen LogP contribution in [0.5, 0.6) is 11.5 Å². The van der Waals surface area contributed by atoms with Gasteiger partial charge in [0.05, 0.1) is 19.9 Å². The van der Waals surface area contributed by atoms with Crippen molar-refractivity contribution in [1.29, 1.82) is 0 Å². The second-order valence-corrected chi connectivity index (χ2v) is 9.72. The molecule has 0 atom stereocenters. The van der Waals surface area contributed by atoms with Crippen LogP contribution in [-0.4, -0.2) is 19.9 Å². The van der Waals surface area contributed by atoms with Crippen molar-refractivity contribution in [3.63, 3.8) is 0 Å². The third kappa shape index (κ3) is 11.2. The molecule has 1 saturated carbocycles. The van der Waals surface area contributed by atoms with Crippen LogP contribution in [0.4, 0.5) is 13.2 Å². The first-order valence-electron chi connectivity index (χ1n) is 13.6. The van der Waals surface area contributed by atoms with Crippen LogP contribution >= 0.6 is 0 Å². The fourth-order valence-corrected chi connectivity index (χ4v) is 4.56. The number of hydrogen-bond acceptors (Lipinski definition) is 2. The second-order valence-electron chi connectivity index (χ2n) is 9.72. The monoisotopic (exact) mass is 482 g/mol. The molecule has 0 heterocycles. The number of unbranched alkanes of at least 4 members (excludes halogenated alkanes) is 9. The zero-order valence-corrected chi connectivity index (χ0v) is 21.1. The predicted molar refractivity (Wildman–Crippen MR) is 134 cm³/mol. The van der Waals surface area contributed by atoms with E-state index in [9.17, 15) is 13.2 Å². The van der Waals surface area contributed by atoms with Gasteiger partial charge in [0.1, 0.15) is 0 Å². The third-order valence-corrected chi connectivity index (χ3v) is 6.80. The lowest BCUT2D eigenvalue weighted by atomic mass is 9.82. The van der Waals surface area contributed by atoms with E-state index in [2.05, 4.69) is 19.1 Å². The summed E-state index contributed by atoms with van der Waals surface area (Å²) in [5.41, 5.74) is 0. The number of rotatable bonds is 18. The molecule has 1 aromatic carbocycles. The molecule has 2 nitrogen and oxygen atoms in total. The molecule has 0 N–H and O–H groups in total. The molecule has 5 heteroatoms. The quantitative estimate of drug-likeness (QED) is 0.153. The molecular formula is C29H45F3O2. The van der Waals surface area contributed by atoms with Crippen LogP contribution in [-0.2, 0) is 0 Å². The second kappa shape index (κ2) is 17.7. The molecule has 0 amide bonds. The number of halogens is 3. The Hall–Kier alpha value is -1.65. The summed E-state index contributed by atoms with van der Waals surface area (Å²) in [4.78, 5) is 0. The van der Waals surface area contributed by atoms with Gasteiger partial charge in [-0.15, -0.1) is 0 Å². The maximum absolute atomic E-state index is 14.4. The van der Waals surface area contributed by atoms with Crippen molar-refractivity contribution in [3.8, 4) is 11.5 Å². The van der Waals surface area contributed by atoms with Gasteiger partial charge in [-0.05, 0) is 75.3 Å². The fourth-order valence-electron chi connectivity index (χ4n) is 4.56. The molecule has 194 valence electrons. The minimum atomic E-state index is -0.956. The van der Waals surface area contributed by atoms with E-state index in [-0.39, 0.29) is 18.2 Å². The number of ether oxygens (including phenoxy) is 2. The van der Waals surface area contributed by atoms with E-state index in [0.29, 0.717) is 31.5 Å². The van der Waals surface area contributed by atoms with Gasteiger partial charge >= 0.3 is 0 Å². The Morgan fingerprint density at radius 3 is 2.12 bits per heavy atom. The average Bonchev–Trinajstić information content (AvgIpc) is 2.85. The van der Waals surface area contributed by atoms with Crippen molar-refractivity contribution in [2.24, 2.45) is 11.8 Å². The molecule has 2 rings (SSSR count). The van der Waals surface area contributed by atoms with E-state index in [1.54, 1.807) is 0 Å². The highest BCUT2D eigenvalue weighted by Gasteiger charge is 2.22. The Bertz CT molecular complexity index is 684. The molecule has 0 saturated heterocycles. The standard InChI is InChI=1S/C29H45F3O2/c1-2-3-4-10-13-22-33-26-19-20-27(29(32)28(26)31)34-23-25-17-15-24(16-18-25)14-11-8-6-5-7-9-12-21-30/h11,14,19-20,24-25H,2-10,12-13,15-18,21-23H2,1H3/b14-11+. The molecule has 1 aromatic rings. The van der Waals surface area contributed by atoms with Crippen LogP contribution in [0.25, 0.3) is 0 Å². The molecule has 1 aliphatic carbocycles. The van der Waals surface area contributed by atoms with Crippen molar-refractivity contribution in [2.75, 3.05) is 19.9 Å².